The Morgan fingerprint density at radius 2 is 1.76 bits per heavy atom. The van der Waals surface area contributed by atoms with Crippen LogP contribution in [0.15, 0.2) is 58.4 Å². The van der Waals surface area contributed by atoms with Gasteiger partial charge in [0.25, 0.3) is 0 Å². The molecule has 0 radical (unpaired) electrons. The Morgan fingerprint density at radius 1 is 1.06 bits per heavy atom. The highest BCUT2D eigenvalue weighted by Crippen LogP contribution is 2.37. The van der Waals surface area contributed by atoms with E-state index in [1.807, 2.05) is 0 Å². The Bertz CT molecular complexity index is 1440. The van der Waals surface area contributed by atoms with Crippen molar-refractivity contribution in [1.29, 1.82) is 0 Å². The molecule has 0 fully saturated rings. The van der Waals surface area contributed by atoms with Crippen LogP contribution in [0.5, 0.6) is 11.5 Å². The summed E-state index contributed by atoms with van der Waals surface area (Å²) >= 11 is 6.95. The van der Waals surface area contributed by atoms with Gasteiger partial charge in [0.1, 0.15) is 11.3 Å². The summed E-state index contributed by atoms with van der Waals surface area (Å²) in [4.78, 5) is 33.8. The summed E-state index contributed by atoms with van der Waals surface area (Å²) in [5.41, 5.74) is -0.402. The zero-order chi connectivity index (χ0) is 24.5. The Balaban J connectivity index is 1.50. The lowest BCUT2D eigenvalue weighted by Crippen LogP contribution is -2.20. The number of nitrogens with zero attached hydrogens (tertiary/aromatic N) is 1. The van der Waals surface area contributed by atoms with Gasteiger partial charge in [-0.1, -0.05) is 11.6 Å². The molecule has 0 spiro atoms. The third-order valence-electron chi connectivity index (χ3n) is 4.55. The molecule has 34 heavy (non-hydrogen) atoms. The average Bonchev–Trinajstić information content (AvgIpc) is 3.16. The number of benzene rings is 2. The molecule has 0 atom stereocenters. The Labute approximate surface area is 198 Å². The molecule has 13 heteroatoms. The van der Waals surface area contributed by atoms with Gasteiger partial charge in [-0.2, -0.15) is 13.2 Å². The molecule has 0 saturated carbocycles. The highest BCUT2D eigenvalue weighted by molar-refractivity contribution is 7.98. The fraction of sp³-hybridized carbons (Fsp3) is 0.0952. The maximum absolute atomic E-state index is 13.0. The lowest BCUT2D eigenvalue weighted by molar-refractivity contribution is -0.137. The smallest absolute Gasteiger partial charge is 0.417 e. The number of thioether (sulfide) groups is 1. The third-order valence-corrected chi connectivity index (χ3v) is 5.64. The van der Waals surface area contributed by atoms with Gasteiger partial charge >= 0.3 is 17.9 Å². The number of carbonyl (C=O) groups excluding carboxylic acids is 1. The molecule has 0 saturated heterocycles. The van der Waals surface area contributed by atoms with Crippen LogP contribution in [0.4, 0.5) is 29.3 Å². The van der Waals surface area contributed by atoms with E-state index >= 15 is 0 Å². The normalized spacial score (nSPS) is 11.4. The van der Waals surface area contributed by atoms with Crippen molar-refractivity contribution in [3.8, 4) is 11.5 Å². The van der Waals surface area contributed by atoms with Crippen molar-refractivity contribution in [3.63, 3.8) is 0 Å². The topological polar surface area (TPSA) is 112 Å². The predicted octanol–water partition coefficient (Wildman–Crippen LogP) is 6.08. The van der Waals surface area contributed by atoms with E-state index in [2.05, 4.69) is 25.6 Å². The molecular weight excluding hydrogens is 495 g/mol. The number of H-pyrrole nitrogens is 2. The van der Waals surface area contributed by atoms with Crippen LogP contribution in [-0.2, 0) is 6.18 Å². The summed E-state index contributed by atoms with van der Waals surface area (Å²) in [7, 11) is 0. The number of alkyl halides is 3. The predicted molar refractivity (Wildman–Crippen MR) is 124 cm³/mol. The molecule has 4 aromatic rings. The van der Waals surface area contributed by atoms with Gasteiger partial charge in [-0.15, -0.1) is 11.8 Å². The second kappa shape index (κ2) is 9.31. The number of aromatic amines is 2. The lowest BCUT2D eigenvalue weighted by Gasteiger charge is -2.14. The molecule has 176 valence electrons. The largest absolute Gasteiger partial charge is 0.454 e. The number of urea groups is 1. The minimum atomic E-state index is -4.65. The van der Waals surface area contributed by atoms with Crippen molar-refractivity contribution < 1.29 is 22.7 Å². The minimum Gasteiger partial charge on any atom is -0.454 e. The van der Waals surface area contributed by atoms with Gasteiger partial charge in [0.05, 0.1) is 15.5 Å². The number of rotatable bonds is 5. The van der Waals surface area contributed by atoms with Crippen molar-refractivity contribution in [2.75, 3.05) is 16.9 Å². The second-order valence-electron chi connectivity index (χ2n) is 6.85. The molecule has 8 nitrogen and oxygen atoms in total. The van der Waals surface area contributed by atoms with Gasteiger partial charge in [-0.25, -0.2) is 14.6 Å². The van der Waals surface area contributed by atoms with Crippen LogP contribution in [-0.4, -0.2) is 27.2 Å². The zero-order valence-corrected chi connectivity index (χ0v) is 18.8. The van der Waals surface area contributed by atoms with E-state index < -0.39 is 28.5 Å². The van der Waals surface area contributed by atoms with Gasteiger partial charge in [-0.05, 0) is 42.7 Å². The molecule has 2 amide bonds. The number of pyridine rings is 1. The summed E-state index contributed by atoms with van der Waals surface area (Å²) in [6.45, 7) is 0. The van der Waals surface area contributed by atoms with E-state index in [0.29, 0.717) is 33.2 Å². The van der Waals surface area contributed by atoms with Gasteiger partial charge in [0.15, 0.2) is 11.4 Å². The summed E-state index contributed by atoms with van der Waals surface area (Å²) in [5, 5.41) is 4.46. The Morgan fingerprint density at radius 3 is 2.47 bits per heavy atom. The number of nitrogens with one attached hydrogen (secondary N) is 4. The fourth-order valence-electron chi connectivity index (χ4n) is 3.06. The number of hydrogen-bond acceptors (Lipinski definition) is 5. The van der Waals surface area contributed by atoms with Crippen molar-refractivity contribution in [1.82, 2.24) is 15.0 Å². The number of amides is 2. The van der Waals surface area contributed by atoms with Crippen LogP contribution in [0, 0.1) is 0 Å². The van der Waals surface area contributed by atoms with Crippen LogP contribution in [0.1, 0.15) is 5.56 Å². The van der Waals surface area contributed by atoms with Crippen LogP contribution < -0.4 is 21.1 Å². The first kappa shape index (κ1) is 23.5. The highest BCUT2D eigenvalue weighted by atomic mass is 35.5. The molecule has 0 unspecified atom stereocenters. The first-order chi connectivity index (χ1) is 16.1. The van der Waals surface area contributed by atoms with Crippen molar-refractivity contribution >= 4 is 51.9 Å². The Hall–Kier alpha value is -3.64. The number of carbonyl (C=O) groups is 1. The summed E-state index contributed by atoms with van der Waals surface area (Å²) in [6.07, 6.45) is -1.36. The van der Waals surface area contributed by atoms with Crippen LogP contribution in [0.25, 0.3) is 11.2 Å². The molecule has 2 aromatic carbocycles. The van der Waals surface area contributed by atoms with E-state index in [0.717, 1.165) is 12.1 Å². The first-order valence-corrected chi connectivity index (χ1v) is 11.1. The number of fused-ring (bicyclic) bond motifs is 1. The van der Waals surface area contributed by atoms with Gasteiger partial charge < -0.3 is 20.4 Å². The average molecular weight is 510 g/mol. The van der Waals surface area contributed by atoms with Gasteiger partial charge in [0.2, 0.25) is 0 Å². The van der Waals surface area contributed by atoms with E-state index in [1.165, 1.54) is 24.0 Å². The van der Waals surface area contributed by atoms with Crippen LogP contribution >= 0.6 is 23.4 Å². The van der Waals surface area contributed by atoms with Crippen molar-refractivity contribution in [2.45, 2.75) is 11.1 Å². The number of ether oxygens (including phenoxy) is 1. The molecule has 4 rings (SSSR count). The molecule has 0 bridgehead atoms. The minimum absolute atomic E-state index is 0.0681. The van der Waals surface area contributed by atoms with Crippen LogP contribution in [0.3, 0.4) is 0 Å². The summed E-state index contributed by atoms with van der Waals surface area (Å²) < 4.78 is 45.0. The molecule has 0 aliphatic heterocycles. The monoisotopic (exact) mass is 509 g/mol. The fourth-order valence-corrected chi connectivity index (χ4v) is 3.84. The standard InChI is InChI=1S/C21H15ClF3N5O3S/c1-34-16-9-11(28-19(31)27-10-2-4-13(22)12(8-10)21(23,24)25)3-5-14(16)33-15-6-7-26-18-17(15)29-20(32)30-18/h2-9H,1H3,(H2,27,28,31)(H2,26,29,30,32). The first-order valence-electron chi connectivity index (χ1n) is 9.51. The quantitative estimate of drug-likeness (QED) is 0.243. The highest BCUT2D eigenvalue weighted by Gasteiger charge is 2.33. The Kier molecular flexibility index (Phi) is 6.44. The maximum atomic E-state index is 13.0. The zero-order valence-electron chi connectivity index (χ0n) is 17.2. The van der Waals surface area contributed by atoms with E-state index in [-0.39, 0.29) is 5.69 Å². The summed E-state index contributed by atoms with van der Waals surface area (Å²) in [5.74, 6) is 0.834. The number of hydrogen-bond donors (Lipinski definition) is 4. The molecule has 4 N–H and O–H groups in total. The maximum Gasteiger partial charge on any atom is 0.417 e. The number of aromatic nitrogens is 3. The van der Waals surface area contributed by atoms with Crippen molar-refractivity contribution in [2.24, 2.45) is 0 Å². The lowest BCUT2D eigenvalue weighted by atomic mass is 10.2. The molecule has 0 aliphatic carbocycles. The third kappa shape index (κ3) is 5.13. The second-order valence-corrected chi connectivity index (χ2v) is 8.11. The van der Waals surface area contributed by atoms with Gasteiger partial charge in [-0.3, -0.25) is 4.98 Å². The van der Waals surface area contributed by atoms with Gasteiger partial charge in [0, 0.05) is 23.6 Å². The van der Waals surface area contributed by atoms with Crippen molar-refractivity contribution in [3.05, 3.63) is 69.7 Å². The van der Waals surface area contributed by atoms with Crippen LogP contribution in [0.2, 0.25) is 5.02 Å². The number of anilines is 2. The number of imidazole rings is 1. The summed E-state index contributed by atoms with van der Waals surface area (Å²) in [6, 6.07) is 8.76. The molecule has 2 heterocycles. The molecular formula is C21H15ClF3N5O3S. The van der Waals surface area contributed by atoms with E-state index in [1.54, 1.807) is 30.5 Å². The van der Waals surface area contributed by atoms with E-state index in [9.17, 15) is 22.8 Å². The molecule has 2 aromatic heterocycles. The SMILES string of the molecule is CSc1cc(NC(=O)Nc2ccc(Cl)c(C(F)(F)F)c2)ccc1Oc1ccnc2[nH]c(=O)[nH]c12. The van der Waals surface area contributed by atoms with E-state index in [4.69, 9.17) is 16.3 Å². The molecule has 0 aliphatic rings. The number of halogens is 4.